The second-order valence-corrected chi connectivity index (χ2v) is 0. The van der Waals surface area contributed by atoms with Crippen molar-refractivity contribution in [2.24, 2.45) is 0 Å². The van der Waals surface area contributed by atoms with Gasteiger partial charge in [-0.25, -0.2) is 0 Å². The Balaban J connectivity index is 0. The average Bonchev–Trinajstić information content (AvgIpc) is 0. The van der Waals surface area contributed by atoms with Gasteiger partial charge >= 0.3 is 0 Å². The zero-order chi connectivity index (χ0) is 0. The fraction of sp³-hybridized carbons (Fsp3) is 0. The standard InChI is InChI=1S/3ClH.Cs/h3*1H;. The van der Waals surface area contributed by atoms with Crippen molar-refractivity contribution in [3.8, 4) is 0 Å². The van der Waals surface area contributed by atoms with E-state index in [1.54, 1.807) is 0 Å². The van der Waals surface area contributed by atoms with Crippen LogP contribution in [0, 0.1) is 0 Å². The molecule has 0 N–H and O–H groups in total. The van der Waals surface area contributed by atoms with E-state index in [-0.39, 0.29) is 106 Å². The van der Waals surface area contributed by atoms with Crippen LogP contribution in [-0.4, -0.2) is 68.9 Å². The van der Waals surface area contributed by atoms with Gasteiger partial charge in [-0.1, -0.05) is 0 Å². The third-order valence-electron chi connectivity index (χ3n) is 0. The maximum Gasteiger partial charge on any atom is 0 e. The van der Waals surface area contributed by atoms with E-state index in [2.05, 4.69) is 0 Å². The molecule has 0 saturated carbocycles. The summed E-state index contributed by atoms with van der Waals surface area (Å²) in [5.41, 5.74) is 0. The Morgan fingerprint density at radius 1 is 0.500 bits per heavy atom. The van der Waals surface area contributed by atoms with Gasteiger partial charge in [0.1, 0.15) is 0 Å². The monoisotopic (exact) mass is 241 g/mol. The molecule has 0 nitrogen and oxygen atoms in total. The summed E-state index contributed by atoms with van der Waals surface area (Å²) >= 11 is 0. The van der Waals surface area contributed by atoms with Gasteiger partial charge in [0.25, 0.3) is 0 Å². The molecule has 0 saturated heterocycles. The minimum atomic E-state index is 0. The molecule has 0 aromatic rings. The first kappa shape index (κ1) is 28.4. The maximum absolute atomic E-state index is 0. The molecule has 0 aliphatic rings. The molecule has 0 rings (SSSR count). The SMILES string of the molecule is Cl.Cl.Cl.[Cs]. The van der Waals surface area contributed by atoms with E-state index in [1.807, 2.05) is 0 Å². The van der Waals surface area contributed by atoms with E-state index in [4.69, 9.17) is 0 Å². The molecule has 0 fully saturated rings. The van der Waals surface area contributed by atoms with Crippen molar-refractivity contribution >= 4 is 106 Å². The van der Waals surface area contributed by atoms with Crippen LogP contribution in [0.3, 0.4) is 0 Å². The summed E-state index contributed by atoms with van der Waals surface area (Å²) in [5, 5.41) is 0. The van der Waals surface area contributed by atoms with Crippen LogP contribution in [-0.2, 0) is 0 Å². The van der Waals surface area contributed by atoms with Crippen LogP contribution in [0.15, 0.2) is 0 Å². The number of hydrogen-bond donors (Lipinski definition) is 0. The largest absolute Gasteiger partial charge is 0.147 e. The summed E-state index contributed by atoms with van der Waals surface area (Å²) in [6.07, 6.45) is 0. The molecule has 0 atom stereocenters. The third kappa shape index (κ3) is 8.87. The zero-order valence-electron chi connectivity index (χ0n) is 2.22. The second-order valence-electron chi connectivity index (χ2n) is 0. The van der Waals surface area contributed by atoms with Gasteiger partial charge in [0.2, 0.25) is 0 Å². The van der Waals surface area contributed by atoms with Crippen molar-refractivity contribution in [3.05, 3.63) is 0 Å². The van der Waals surface area contributed by atoms with Gasteiger partial charge in [0.05, 0.1) is 0 Å². The Kier molecular flexibility index (Phi) is 119. The minimum absolute atomic E-state index is 0. The predicted octanol–water partition coefficient (Wildman–Crippen LogP) is 0.885. The quantitative estimate of drug-likeness (QED) is 0.591. The van der Waals surface area contributed by atoms with Crippen molar-refractivity contribution in [2.45, 2.75) is 0 Å². The summed E-state index contributed by atoms with van der Waals surface area (Å²) in [6, 6.07) is 0. The van der Waals surface area contributed by atoms with Crippen LogP contribution in [0.25, 0.3) is 0 Å². The predicted molar refractivity (Wildman–Crippen MR) is 27.5 cm³/mol. The van der Waals surface area contributed by atoms with E-state index >= 15 is 0 Å². The molecule has 0 amide bonds. The van der Waals surface area contributed by atoms with Gasteiger partial charge in [-0.15, -0.1) is 37.2 Å². The normalized spacial score (nSPS) is 0. The van der Waals surface area contributed by atoms with E-state index in [0.717, 1.165) is 0 Å². The summed E-state index contributed by atoms with van der Waals surface area (Å²) < 4.78 is 0. The summed E-state index contributed by atoms with van der Waals surface area (Å²) in [6.45, 7) is 0. The van der Waals surface area contributed by atoms with Crippen LogP contribution in [0.4, 0.5) is 0 Å². The fourth-order valence-corrected chi connectivity index (χ4v) is 0. The van der Waals surface area contributed by atoms with E-state index in [0.29, 0.717) is 0 Å². The molecule has 1 radical (unpaired) electrons. The van der Waals surface area contributed by atoms with Crippen LogP contribution in [0.2, 0.25) is 0 Å². The fourth-order valence-electron chi connectivity index (χ4n) is 0. The van der Waals surface area contributed by atoms with Crippen molar-refractivity contribution in [1.29, 1.82) is 0 Å². The Bertz CT molecular complexity index is 3.25. The molecule has 4 heteroatoms. The van der Waals surface area contributed by atoms with E-state index in [1.165, 1.54) is 0 Å². The topological polar surface area (TPSA) is 0 Å². The van der Waals surface area contributed by atoms with Gasteiger partial charge in [0, 0.05) is 68.9 Å². The van der Waals surface area contributed by atoms with Gasteiger partial charge in [-0.3, -0.25) is 0 Å². The molecule has 0 aromatic heterocycles. The number of halogens is 3. The van der Waals surface area contributed by atoms with E-state index < -0.39 is 0 Å². The molecule has 0 aliphatic carbocycles. The van der Waals surface area contributed by atoms with Gasteiger partial charge in [-0.05, 0) is 0 Å². The molecule has 0 spiro atoms. The van der Waals surface area contributed by atoms with Crippen LogP contribution in [0.5, 0.6) is 0 Å². The van der Waals surface area contributed by atoms with E-state index in [9.17, 15) is 0 Å². The molecule has 4 heavy (non-hydrogen) atoms. The Hall–Kier alpha value is 2.92. The summed E-state index contributed by atoms with van der Waals surface area (Å²) in [7, 11) is 0. The molecule has 0 aliphatic heterocycles. The molecule has 25 valence electrons. The van der Waals surface area contributed by atoms with Crippen LogP contribution >= 0.6 is 37.2 Å². The van der Waals surface area contributed by atoms with Crippen molar-refractivity contribution in [1.82, 2.24) is 0 Å². The molecule has 0 aromatic carbocycles. The van der Waals surface area contributed by atoms with Gasteiger partial charge in [0.15, 0.2) is 0 Å². The smallest absolute Gasteiger partial charge is 0 e. The number of rotatable bonds is 0. The van der Waals surface area contributed by atoms with Crippen LogP contribution in [0.1, 0.15) is 0 Å². The van der Waals surface area contributed by atoms with Crippen LogP contribution < -0.4 is 0 Å². The molecule has 0 bridgehead atoms. The first-order valence-corrected chi connectivity index (χ1v) is 0. The zero-order valence-corrected chi connectivity index (χ0v) is 11.0. The van der Waals surface area contributed by atoms with Crippen molar-refractivity contribution in [2.75, 3.05) is 0 Å². The molecule has 0 heterocycles. The van der Waals surface area contributed by atoms with Crippen molar-refractivity contribution in [3.63, 3.8) is 0 Å². The van der Waals surface area contributed by atoms with Gasteiger partial charge < -0.3 is 0 Å². The summed E-state index contributed by atoms with van der Waals surface area (Å²) in [4.78, 5) is 0. The first-order chi connectivity index (χ1) is 0. The average molecular weight is 242 g/mol. The minimum Gasteiger partial charge on any atom is -0.147 e. The number of hydrogen-bond acceptors (Lipinski definition) is 0. The Labute approximate surface area is 103 Å². The van der Waals surface area contributed by atoms with Gasteiger partial charge in [-0.2, -0.15) is 0 Å². The maximum atomic E-state index is 0. The Morgan fingerprint density at radius 2 is 0.500 bits per heavy atom. The third-order valence-corrected chi connectivity index (χ3v) is 0. The van der Waals surface area contributed by atoms with Crippen molar-refractivity contribution < 1.29 is 0 Å². The second kappa shape index (κ2) is 16.8. The summed E-state index contributed by atoms with van der Waals surface area (Å²) in [5.74, 6) is 0. The molecule has 0 unspecified atom stereocenters. The first-order valence-electron chi connectivity index (χ1n) is 0. The Morgan fingerprint density at radius 3 is 0.500 bits per heavy atom. The molecular weight excluding hydrogens is 239 g/mol. The molecular formula is H3Cl3Cs.